The highest BCUT2D eigenvalue weighted by Gasteiger charge is 2.21. The highest BCUT2D eigenvalue weighted by Crippen LogP contribution is 2.37. The van der Waals surface area contributed by atoms with Crippen molar-refractivity contribution < 1.29 is 9.53 Å². The van der Waals surface area contributed by atoms with E-state index in [4.69, 9.17) is 4.74 Å². The van der Waals surface area contributed by atoms with Crippen molar-refractivity contribution in [1.29, 1.82) is 0 Å². The monoisotopic (exact) mass is 364 g/mol. The Balaban J connectivity index is 1.77. The van der Waals surface area contributed by atoms with Crippen LogP contribution >= 0.6 is 0 Å². The lowest BCUT2D eigenvalue weighted by atomic mass is 9.85. The number of ether oxygens (including phenoxy) is 1. The molecule has 0 spiro atoms. The highest BCUT2D eigenvalue weighted by atomic mass is 16.5. The van der Waals surface area contributed by atoms with E-state index in [9.17, 15) is 4.79 Å². The number of esters is 1. The first-order valence-electron chi connectivity index (χ1n) is 9.29. The van der Waals surface area contributed by atoms with E-state index in [1.807, 2.05) is 78.9 Å². The topological polar surface area (TPSA) is 26.3 Å². The third-order valence-electron chi connectivity index (χ3n) is 4.71. The number of hydrogen-bond donors (Lipinski definition) is 0. The summed E-state index contributed by atoms with van der Waals surface area (Å²) in [7, 11) is 0. The van der Waals surface area contributed by atoms with Crippen LogP contribution < -0.4 is 4.74 Å². The molecule has 4 rings (SSSR count). The summed E-state index contributed by atoms with van der Waals surface area (Å²) in [5, 5.41) is 0. The summed E-state index contributed by atoms with van der Waals surface area (Å²) in [6, 6.07) is 37.4. The van der Waals surface area contributed by atoms with Gasteiger partial charge in [0.15, 0.2) is 0 Å². The molecule has 0 heterocycles. The molecule has 0 bridgehead atoms. The number of rotatable bonds is 5. The summed E-state index contributed by atoms with van der Waals surface area (Å²) < 4.78 is 5.82. The minimum Gasteiger partial charge on any atom is -0.423 e. The summed E-state index contributed by atoms with van der Waals surface area (Å²) in [6.45, 7) is 0. The van der Waals surface area contributed by atoms with Gasteiger partial charge >= 0.3 is 5.97 Å². The predicted molar refractivity (Wildman–Crippen MR) is 112 cm³/mol. The van der Waals surface area contributed by atoms with Crippen LogP contribution in [0.5, 0.6) is 5.75 Å². The Labute approximate surface area is 165 Å². The fourth-order valence-corrected chi connectivity index (χ4v) is 3.39. The average molecular weight is 364 g/mol. The van der Waals surface area contributed by atoms with Crippen LogP contribution in [0, 0.1) is 0 Å². The van der Waals surface area contributed by atoms with E-state index in [0.717, 1.165) is 16.7 Å². The van der Waals surface area contributed by atoms with Crippen molar-refractivity contribution >= 4 is 5.97 Å². The second-order valence-corrected chi connectivity index (χ2v) is 6.55. The van der Waals surface area contributed by atoms with Gasteiger partial charge < -0.3 is 4.74 Å². The highest BCUT2D eigenvalue weighted by molar-refractivity contribution is 5.91. The smallest absolute Gasteiger partial charge is 0.343 e. The zero-order chi connectivity index (χ0) is 19.2. The Morgan fingerprint density at radius 1 is 0.571 bits per heavy atom. The minimum atomic E-state index is -0.354. The van der Waals surface area contributed by atoms with Crippen molar-refractivity contribution in [2.24, 2.45) is 0 Å². The van der Waals surface area contributed by atoms with Gasteiger partial charge in [-0.2, -0.15) is 0 Å². The Morgan fingerprint density at radius 2 is 1.04 bits per heavy atom. The van der Waals surface area contributed by atoms with Crippen LogP contribution in [0.4, 0.5) is 0 Å². The summed E-state index contributed by atoms with van der Waals surface area (Å²) in [5.41, 5.74) is 3.80. The van der Waals surface area contributed by atoms with Gasteiger partial charge in [-0.15, -0.1) is 0 Å². The van der Waals surface area contributed by atoms with E-state index in [0.29, 0.717) is 11.3 Å². The molecule has 0 aliphatic heterocycles. The second kappa shape index (κ2) is 8.36. The largest absolute Gasteiger partial charge is 0.423 e. The molecule has 0 amide bonds. The maximum Gasteiger partial charge on any atom is 0.343 e. The first kappa shape index (κ1) is 17.7. The fraction of sp³-hybridized carbons (Fsp3) is 0.0385. The second-order valence-electron chi connectivity index (χ2n) is 6.55. The molecule has 2 heteroatoms. The third kappa shape index (κ3) is 3.86. The quantitative estimate of drug-likeness (QED) is 0.243. The Hall–Kier alpha value is -3.65. The molecule has 0 saturated carbocycles. The molecule has 4 aromatic rings. The molecule has 0 N–H and O–H groups in total. The van der Waals surface area contributed by atoms with Crippen LogP contribution in [0.2, 0.25) is 0 Å². The molecule has 0 aliphatic carbocycles. The maximum atomic E-state index is 12.6. The zero-order valence-corrected chi connectivity index (χ0v) is 15.4. The van der Waals surface area contributed by atoms with Gasteiger partial charge in [0.25, 0.3) is 0 Å². The van der Waals surface area contributed by atoms with Crippen molar-refractivity contribution in [2.75, 3.05) is 0 Å². The van der Waals surface area contributed by atoms with Gasteiger partial charge in [-0.3, -0.25) is 0 Å². The molecule has 0 atom stereocenters. The van der Waals surface area contributed by atoms with E-state index in [-0.39, 0.29) is 11.9 Å². The van der Waals surface area contributed by atoms with Gasteiger partial charge in [-0.25, -0.2) is 4.79 Å². The molecule has 136 valence electrons. The van der Waals surface area contributed by atoms with Gasteiger partial charge in [-0.1, -0.05) is 97.1 Å². The van der Waals surface area contributed by atoms with Crippen molar-refractivity contribution in [2.45, 2.75) is 5.92 Å². The minimum absolute atomic E-state index is 0.0258. The van der Waals surface area contributed by atoms with Crippen LogP contribution in [0.25, 0.3) is 0 Å². The number of hydrogen-bond acceptors (Lipinski definition) is 2. The van der Waals surface area contributed by atoms with E-state index in [2.05, 4.69) is 24.3 Å². The molecule has 0 saturated heterocycles. The number of benzene rings is 4. The molecule has 28 heavy (non-hydrogen) atoms. The van der Waals surface area contributed by atoms with Crippen molar-refractivity contribution in [3.8, 4) is 5.75 Å². The standard InChI is InChI=1S/C26H20O2/c27-26(22-16-8-3-9-17-22)28-24-19-11-10-18-23(24)25(20-12-4-1-5-13-20)21-14-6-2-7-15-21/h1-19,25H. The normalized spacial score (nSPS) is 10.6. The molecular formula is C26H20O2. The number of carbonyl (C=O) groups is 1. The lowest BCUT2D eigenvalue weighted by Crippen LogP contribution is -2.12. The Kier molecular flexibility index (Phi) is 5.30. The summed E-state index contributed by atoms with van der Waals surface area (Å²) in [4.78, 5) is 12.6. The summed E-state index contributed by atoms with van der Waals surface area (Å²) in [6.07, 6.45) is 0. The lowest BCUT2D eigenvalue weighted by Gasteiger charge is -2.21. The van der Waals surface area contributed by atoms with Gasteiger partial charge in [0.05, 0.1) is 5.56 Å². The molecule has 4 aromatic carbocycles. The van der Waals surface area contributed by atoms with Crippen LogP contribution in [0.1, 0.15) is 33.0 Å². The van der Waals surface area contributed by atoms with Crippen LogP contribution in [0.3, 0.4) is 0 Å². The van der Waals surface area contributed by atoms with Gasteiger partial charge in [-0.05, 0) is 29.3 Å². The van der Waals surface area contributed by atoms with Gasteiger partial charge in [0.1, 0.15) is 5.75 Å². The third-order valence-corrected chi connectivity index (χ3v) is 4.71. The van der Waals surface area contributed by atoms with Gasteiger partial charge in [0.2, 0.25) is 0 Å². The summed E-state index contributed by atoms with van der Waals surface area (Å²) >= 11 is 0. The summed E-state index contributed by atoms with van der Waals surface area (Å²) in [5.74, 6) is 0.198. The van der Waals surface area contributed by atoms with Crippen LogP contribution in [-0.4, -0.2) is 5.97 Å². The molecule has 0 aromatic heterocycles. The van der Waals surface area contributed by atoms with Gasteiger partial charge in [0, 0.05) is 11.5 Å². The van der Waals surface area contributed by atoms with E-state index < -0.39 is 0 Å². The first-order chi connectivity index (χ1) is 13.8. The van der Waals surface area contributed by atoms with Crippen LogP contribution in [0.15, 0.2) is 115 Å². The Bertz CT molecular complexity index is 1000. The SMILES string of the molecule is O=C(Oc1ccccc1C(c1ccccc1)c1ccccc1)c1ccccc1. The van der Waals surface area contributed by atoms with E-state index in [1.165, 1.54) is 0 Å². The number of carbonyl (C=O) groups excluding carboxylic acids is 1. The van der Waals surface area contributed by atoms with E-state index >= 15 is 0 Å². The molecule has 0 unspecified atom stereocenters. The molecular weight excluding hydrogens is 344 g/mol. The maximum absolute atomic E-state index is 12.6. The van der Waals surface area contributed by atoms with Crippen molar-refractivity contribution in [3.05, 3.63) is 138 Å². The zero-order valence-electron chi connectivity index (χ0n) is 15.4. The Morgan fingerprint density at radius 3 is 1.61 bits per heavy atom. The molecule has 2 nitrogen and oxygen atoms in total. The predicted octanol–water partition coefficient (Wildman–Crippen LogP) is 6.09. The molecule has 0 aliphatic rings. The van der Waals surface area contributed by atoms with E-state index in [1.54, 1.807) is 12.1 Å². The lowest BCUT2D eigenvalue weighted by molar-refractivity contribution is 0.0733. The molecule has 0 fully saturated rings. The fourth-order valence-electron chi connectivity index (χ4n) is 3.39. The van der Waals surface area contributed by atoms with Crippen LogP contribution in [-0.2, 0) is 0 Å². The first-order valence-corrected chi connectivity index (χ1v) is 9.29. The van der Waals surface area contributed by atoms with Crippen molar-refractivity contribution in [3.63, 3.8) is 0 Å². The number of para-hydroxylation sites is 1. The average Bonchev–Trinajstić information content (AvgIpc) is 2.77. The molecule has 0 radical (unpaired) electrons. The van der Waals surface area contributed by atoms with Crippen molar-refractivity contribution in [1.82, 2.24) is 0 Å².